The fourth-order valence-corrected chi connectivity index (χ4v) is 4.61. The van der Waals surface area contributed by atoms with Gasteiger partial charge in [0.15, 0.2) is 0 Å². The van der Waals surface area contributed by atoms with Gasteiger partial charge >= 0.3 is 0 Å². The van der Waals surface area contributed by atoms with Crippen LogP contribution in [0.3, 0.4) is 0 Å². The van der Waals surface area contributed by atoms with Crippen molar-refractivity contribution in [2.24, 2.45) is 0 Å². The Morgan fingerprint density at radius 2 is 1.77 bits per heavy atom. The van der Waals surface area contributed by atoms with Crippen LogP contribution in [0.5, 0.6) is 5.75 Å². The summed E-state index contributed by atoms with van der Waals surface area (Å²) in [5.41, 5.74) is 5.70. The number of hydrogen-bond acceptors (Lipinski definition) is 6. The molecule has 1 saturated heterocycles. The molecule has 4 rings (SSSR count). The van der Waals surface area contributed by atoms with Gasteiger partial charge in [-0.2, -0.15) is 0 Å². The molecular formula is C24H30O6. The van der Waals surface area contributed by atoms with Crippen molar-refractivity contribution in [3.05, 3.63) is 64.2 Å². The molecule has 2 aromatic rings. The monoisotopic (exact) mass is 414 g/mol. The first-order valence-corrected chi connectivity index (χ1v) is 10.7. The molecule has 1 aliphatic carbocycles. The zero-order valence-corrected chi connectivity index (χ0v) is 17.2. The van der Waals surface area contributed by atoms with E-state index in [1.54, 1.807) is 0 Å². The molecule has 4 N–H and O–H groups in total. The van der Waals surface area contributed by atoms with Gasteiger partial charge in [-0.1, -0.05) is 24.3 Å². The molecule has 1 aliphatic heterocycles. The maximum atomic E-state index is 10.6. The molecule has 0 amide bonds. The van der Waals surface area contributed by atoms with E-state index in [0.29, 0.717) is 6.61 Å². The molecule has 4 unspecified atom stereocenters. The van der Waals surface area contributed by atoms with Gasteiger partial charge in [-0.25, -0.2) is 0 Å². The van der Waals surface area contributed by atoms with Crippen LogP contribution in [0.25, 0.3) is 0 Å². The maximum Gasteiger partial charge on any atom is 0.119 e. The van der Waals surface area contributed by atoms with E-state index in [4.69, 9.17) is 9.47 Å². The van der Waals surface area contributed by atoms with Crippen LogP contribution in [0.2, 0.25) is 0 Å². The molecule has 0 aromatic heterocycles. The summed E-state index contributed by atoms with van der Waals surface area (Å²) in [4.78, 5) is 0. The summed E-state index contributed by atoms with van der Waals surface area (Å²) in [6.07, 6.45) is -1.86. The van der Waals surface area contributed by atoms with Gasteiger partial charge in [0.1, 0.15) is 36.3 Å². The molecule has 6 heteroatoms. The first-order chi connectivity index (χ1) is 14.5. The van der Waals surface area contributed by atoms with Crippen molar-refractivity contribution in [3.63, 3.8) is 0 Å². The Kier molecular flexibility index (Phi) is 6.41. The topological polar surface area (TPSA) is 99.4 Å². The van der Waals surface area contributed by atoms with Gasteiger partial charge in [0.05, 0.1) is 13.2 Å². The standard InChI is InChI=1S/C24H30O6/c1-2-29-18-8-6-14(7-9-18)10-16-12-17(11-15-4-3-5-19(15)16)24-23(28)22(27)21(26)20(13-25)30-24/h6-9,11-12,20-28H,2-5,10,13H2,1H3/t20?,21?,22-,23?,24?/m0/s1. The largest absolute Gasteiger partial charge is 0.494 e. The number of benzene rings is 2. The number of hydrogen-bond donors (Lipinski definition) is 4. The summed E-state index contributed by atoms with van der Waals surface area (Å²) in [7, 11) is 0. The van der Waals surface area contributed by atoms with Gasteiger partial charge in [-0.15, -0.1) is 0 Å². The van der Waals surface area contributed by atoms with Crippen molar-refractivity contribution in [2.75, 3.05) is 13.2 Å². The molecule has 30 heavy (non-hydrogen) atoms. The van der Waals surface area contributed by atoms with Crippen LogP contribution < -0.4 is 4.74 Å². The average molecular weight is 414 g/mol. The zero-order chi connectivity index (χ0) is 21.3. The third-order valence-corrected chi connectivity index (χ3v) is 6.18. The summed E-state index contributed by atoms with van der Waals surface area (Å²) >= 11 is 0. The molecule has 0 radical (unpaired) electrons. The minimum Gasteiger partial charge on any atom is -0.494 e. The summed E-state index contributed by atoms with van der Waals surface area (Å²) in [5, 5.41) is 40.3. The smallest absolute Gasteiger partial charge is 0.119 e. The van der Waals surface area contributed by atoms with Gasteiger partial charge in [-0.3, -0.25) is 0 Å². The van der Waals surface area contributed by atoms with E-state index < -0.39 is 37.1 Å². The van der Waals surface area contributed by atoms with Gasteiger partial charge in [0.2, 0.25) is 0 Å². The zero-order valence-electron chi connectivity index (χ0n) is 17.2. The predicted octanol–water partition coefficient (Wildman–Crippen LogP) is 1.68. The molecule has 6 nitrogen and oxygen atoms in total. The highest BCUT2D eigenvalue weighted by molar-refractivity contribution is 5.45. The highest BCUT2D eigenvalue weighted by atomic mass is 16.5. The van der Waals surface area contributed by atoms with Gasteiger partial charge in [0.25, 0.3) is 0 Å². The van der Waals surface area contributed by atoms with Gasteiger partial charge in [-0.05, 0) is 72.6 Å². The van der Waals surface area contributed by atoms with Crippen LogP contribution in [-0.4, -0.2) is 58.1 Å². The Morgan fingerprint density at radius 1 is 1.00 bits per heavy atom. The van der Waals surface area contributed by atoms with Crippen LogP contribution >= 0.6 is 0 Å². The average Bonchev–Trinajstić information content (AvgIpc) is 3.23. The molecule has 0 spiro atoms. The lowest BCUT2D eigenvalue weighted by atomic mass is 9.87. The molecule has 2 aromatic carbocycles. The minimum absolute atomic E-state index is 0.425. The summed E-state index contributed by atoms with van der Waals surface area (Å²) in [6, 6.07) is 12.1. The molecule has 0 saturated carbocycles. The molecule has 0 bridgehead atoms. The number of ether oxygens (including phenoxy) is 2. The summed E-state index contributed by atoms with van der Waals surface area (Å²) in [5.74, 6) is 0.849. The van der Waals surface area contributed by atoms with E-state index in [9.17, 15) is 20.4 Å². The van der Waals surface area contributed by atoms with Crippen molar-refractivity contribution in [2.45, 2.75) is 63.1 Å². The Balaban J connectivity index is 1.64. The number of rotatable bonds is 6. The van der Waals surface area contributed by atoms with Crippen LogP contribution in [-0.2, 0) is 24.0 Å². The van der Waals surface area contributed by atoms with E-state index in [1.165, 1.54) is 22.3 Å². The van der Waals surface area contributed by atoms with Gasteiger partial charge in [0, 0.05) is 0 Å². The molecule has 1 heterocycles. The lowest BCUT2D eigenvalue weighted by molar-refractivity contribution is -0.231. The Morgan fingerprint density at radius 3 is 2.47 bits per heavy atom. The van der Waals surface area contributed by atoms with Crippen LogP contribution in [0.4, 0.5) is 0 Å². The number of aryl methyl sites for hydroxylation is 1. The fourth-order valence-electron chi connectivity index (χ4n) is 4.61. The molecule has 162 valence electrons. The van der Waals surface area contributed by atoms with Crippen molar-refractivity contribution in [3.8, 4) is 5.75 Å². The van der Waals surface area contributed by atoms with E-state index in [0.717, 1.165) is 37.0 Å². The maximum absolute atomic E-state index is 10.6. The Bertz CT molecular complexity index is 863. The lowest BCUT2D eigenvalue weighted by Gasteiger charge is -2.40. The van der Waals surface area contributed by atoms with Crippen molar-refractivity contribution in [1.82, 2.24) is 0 Å². The van der Waals surface area contributed by atoms with Crippen LogP contribution in [0, 0.1) is 0 Å². The number of aliphatic hydroxyl groups is 4. The highest BCUT2D eigenvalue weighted by Crippen LogP contribution is 2.37. The first kappa shape index (κ1) is 21.3. The molecule has 1 fully saturated rings. The fraction of sp³-hybridized carbons (Fsp3) is 0.500. The van der Waals surface area contributed by atoms with Crippen molar-refractivity contribution >= 4 is 0 Å². The van der Waals surface area contributed by atoms with E-state index in [-0.39, 0.29) is 0 Å². The first-order valence-electron chi connectivity index (χ1n) is 10.7. The summed E-state index contributed by atoms with van der Waals surface area (Å²) in [6.45, 7) is 2.17. The second-order valence-corrected chi connectivity index (χ2v) is 8.17. The second kappa shape index (κ2) is 9.04. The second-order valence-electron chi connectivity index (χ2n) is 8.17. The molecule has 5 atom stereocenters. The number of fused-ring (bicyclic) bond motifs is 1. The van der Waals surface area contributed by atoms with Crippen LogP contribution in [0.1, 0.15) is 47.3 Å². The third kappa shape index (κ3) is 4.11. The Hall–Kier alpha value is -1.96. The predicted molar refractivity (Wildman–Crippen MR) is 112 cm³/mol. The third-order valence-electron chi connectivity index (χ3n) is 6.18. The van der Waals surface area contributed by atoms with E-state index >= 15 is 0 Å². The van der Waals surface area contributed by atoms with Crippen molar-refractivity contribution < 1.29 is 29.9 Å². The minimum atomic E-state index is -1.37. The summed E-state index contributed by atoms with van der Waals surface area (Å²) < 4.78 is 11.3. The van der Waals surface area contributed by atoms with Crippen molar-refractivity contribution in [1.29, 1.82) is 0 Å². The molecule has 2 aliphatic rings. The number of aliphatic hydroxyl groups excluding tert-OH is 4. The highest BCUT2D eigenvalue weighted by Gasteiger charge is 2.44. The van der Waals surface area contributed by atoms with E-state index in [2.05, 4.69) is 12.1 Å². The van der Waals surface area contributed by atoms with Crippen LogP contribution in [0.15, 0.2) is 36.4 Å². The normalized spacial score (nSPS) is 28.4. The molecular weight excluding hydrogens is 384 g/mol. The lowest BCUT2D eigenvalue weighted by Crippen LogP contribution is -2.55. The van der Waals surface area contributed by atoms with Gasteiger partial charge < -0.3 is 29.9 Å². The Labute approximate surface area is 176 Å². The van der Waals surface area contributed by atoms with E-state index in [1.807, 2.05) is 31.2 Å². The quantitative estimate of drug-likeness (QED) is 0.574. The SMILES string of the molecule is CCOc1ccc(Cc2cc(C3OC(CO)C(O)[C@H](O)C3O)cc3c2CCC3)cc1.